The van der Waals surface area contributed by atoms with E-state index in [-0.39, 0.29) is 31.6 Å². The van der Waals surface area contributed by atoms with Gasteiger partial charge in [-0.2, -0.15) is 0 Å². The predicted molar refractivity (Wildman–Crippen MR) is 178 cm³/mol. The Morgan fingerprint density at radius 3 is 2.21 bits per heavy atom. The van der Waals surface area contributed by atoms with Crippen molar-refractivity contribution in [2.24, 2.45) is 17.8 Å². The number of carbonyl (C=O) groups excluding carboxylic acids is 1. The summed E-state index contributed by atoms with van der Waals surface area (Å²) in [5, 5.41) is 11.8. The molecule has 0 spiro atoms. The van der Waals surface area contributed by atoms with Crippen LogP contribution in [0.4, 0.5) is 0 Å². The van der Waals surface area contributed by atoms with Gasteiger partial charge in [-0.3, -0.25) is 4.79 Å². The summed E-state index contributed by atoms with van der Waals surface area (Å²) in [5.41, 5.74) is 10.0. The van der Waals surface area contributed by atoms with E-state index in [9.17, 15) is 9.90 Å². The quantitative estimate of drug-likeness (QED) is 0.0976. The largest absolute Gasteiger partial charge is 0.512 e. The van der Waals surface area contributed by atoms with Crippen LogP contribution in [0.2, 0.25) is 0 Å². The van der Waals surface area contributed by atoms with E-state index in [4.69, 9.17) is 4.98 Å². The second kappa shape index (κ2) is 15.1. The Bertz CT molecular complexity index is 1590. The van der Waals surface area contributed by atoms with E-state index in [0.717, 1.165) is 17.7 Å². The molecule has 1 radical (unpaired) electrons. The summed E-state index contributed by atoms with van der Waals surface area (Å²) in [6.07, 6.45) is 5.48. The van der Waals surface area contributed by atoms with Gasteiger partial charge >= 0.3 is 0 Å². The molecule has 0 atom stereocenters. The van der Waals surface area contributed by atoms with E-state index >= 15 is 0 Å². The van der Waals surface area contributed by atoms with Gasteiger partial charge in [-0.05, 0) is 63.4 Å². The minimum Gasteiger partial charge on any atom is -0.512 e. The first-order valence-corrected chi connectivity index (χ1v) is 15.4. The van der Waals surface area contributed by atoms with E-state index < -0.39 is 0 Å². The van der Waals surface area contributed by atoms with Crippen molar-refractivity contribution < 1.29 is 30.0 Å². The van der Waals surface area contributed by atoms with Crippen LogP contribution in [0.5, 0.6) is 0 Å². The minimum atomic E-state index is 0. The van der Waals surface area contributed by atoms with E-state index in [2.05, 4.69) is 88.4 Å². The number of rotatable bonds is 8. The Kier molecular flexibility index (Phi) is 12.1. The van der Waals surface area contributed by atoms with Crippen molar-refractivity contribution in [2.75, 3.05) is 0 Å². The van der Waals surface area contributed by atoms with Crippen LogP contribution in [0.3, 0.4) is 0 Å². The molecule has 0 fully saturated rings. The summed E-state index contributed by atoms with van der Waals surface area (Å²) in [7, 11) is 0. The molecule has 1 aromatic heterocycles. The molecule has 4 aromatic rings. The second-order valence-corrected chi connectivity index (χ2v) is 13.2. The van der Waals surface area contributed by atoms with Gasteiger partial charge in [-0.1, -0.05) is 109 Å². The topological polar surface area (TPSA) is 50.2 Å². The maximum Gasteiger partial charge on any atom is 0.159 e. The molecule has 0 amide bonds. The third-order valence-electron chi connectivity index (χ3n) is 7.52. The summed E-state index contributed by atoms with van der Waals surface area (Å²) in [5.74, 6) is 2.08. The van der Waals surface area contributed by atoms with Gasteiger partial charge in [-0.15, -0.1) is 29.3 Å². The van der Waals surface area contributed by atoms with Gasteiger partial charge in [0, 0.05) is 45.2 Å². The average Bonchev–Trinajstić information content (AvgIpc) is 3.02. The fourth-order valence-electron chi connectivity index (χ4n) is 5.67. The molecule has 1 aliphatic rings. The molecule has 1 heterocycles. The first-order valence-electron chi connectivity index (χ1n) is 15.4. The van der Waals surface area contributed by atoms with E-state index in [1.807, 2.05) is 33.9 Å². The molecule has 0 saturated carbocycles. The van der Waals surface area contributed by atoms with E-state index in [1.54, 1.807) is 0 Å². The van der Waals surface area contributed by atoms with Crippen LogP contribution >= 0.6 is 0 Å². The molecule has 3 aromatic carbocycles. The first kappa shape index (κ1) is 34.4. The van der Waals surface area contributed by atoms with Crippen LogP contribution in [0.15, 0.2) is 72.6 Å². The van der Waals surface area contributed by atoms with Crippen LogP contribution in [0.25, 0.3) is 44.3 Å². The number of nitrogens with zero attached hydrogens (tertiary/aromatic N) is 1. The number of hydrogen-bond donors (Lipinski definition) is 1. The molecule has 43 heavy (non-hydrogen) atoms. The molecular weight excluding hydrogens is 707 g/mol. The van der Waals surface area contributed by atoms with Crippen molar-refractivity contribution in [1.82, 2.24) is 4.98 Å². The molecule has 0 unspecified atom stereocenters. The number of hydrogen-bond acceptors (Lipinski definition) is 3. The van der Waals surface area contributed by atoms with E-state index in [0.29, 0.717) is 36.5 Å². The van der Waals surface area contributed by atoms with Crippen molar-refractivity contribution in [1.29, 1.82) is 0 Å². The van der Waals surface area contributed by atoms with Crippen LogP contribution in [0, 0.1) is 23.8 Å². The predicted octanol–water partition coefficient (Wildman–Crippen LogP) is 10.8. The number of allylic oxidation sites excluding steroid dienone is 2. The Hall–Kier alpha value is -3.07. The van der Waals surface area contributed by atoms with Gasteiger partial charge in [0.15, 0.2) is 5.78 Å². The zero-order valence-corrected chi connectivity index (χ0v) is 29.3. The first-order chi connectivity index (χ1) is 19.9. The fourth-order valence-corrected chi connectivity index (χ4v) is 5.67. The standard InChI is InChI=1S/C28H26N.C11H20O2.Ir/c1-17(2)14-19-8-10-22-23-7-5-6-20-12-13-29-28(27(20)23)24-11-9-21(18(3)4)16-26(24)25(22)15-19;1-8(2)5-10(12)7-11(13)6-9(3)4;/h5-10,12-13,15-18H,14H2,1-4H3;7-9,12H,5-6H2,1-4H3;/q-1;;/b;10-7-;. The zero-order chi connectivity index (χ0) is 30.6. The number of fused-ring (bicyclic) bond motifs is 5. The molecule has 0 saturated heterocycles. The van der Waals surface area contributed by atoms with Crippen molar-refractivity contribution in [3.8, 4) is 33.5 Å². The zero-order valence-electron chi connectivity index (χ0n) is 26.9. The molecule has 0 aliphatic heterocycles. The third kappa shape index (κ3) is 8.52. The number of benzene rings is 3. The van der Waals surface area contributed by atoms with Crippen LogP contribution in [-0.2, 0) is 31.3 Å². The van der Waals surface area contributed by atoms with Crippen LogP contribution < -0.4 is 0 Å². The summed E-state index contributed by atoms with van der Waals surface area (Å²) in [4.78, 5) is 16.0. The smallest absolute Gasteiger partial charge is 0.159 e. The average molecular weight is 753 g/mol. The van der Waals surface area contributed by atoms with E-state index in [1.165, 1.54) is 50.2 Å². The molecule has 0 bridgehead atoms. The Labute approximate surface area is 272 Å². The number of pyridine rings is 1. The maximum atomic E-state index is 11.2. The second-order valence-electron chi connectivity index (χ2n) is 13.2. The minimum absolute atomic E-state index is 0. The number of aliphatic hydroxyl groups excluding tert-OH is 1. The Balaban J connectivity index is 0.000000310. The molecule has 3 nitrogen and oxygen atoms in total. The van der Waals surface area contributed by atoms with Gasteiger partial charge in [0.05, 0.1) is 5.76 Å². The summed E-state index contributed by atoms with van der Waals surface area (Å²) < 4.78 is 0. The number of ketones is 1. The molecule has 229 valence electrons. The Morgan fingerprint density at radius 2 is 1.56 bits per heavy atom. The molecular formula is C39H46IrNO2-. The van der Waals surface area contributed by atoms with Gasteiger partial charge in [0.2, 0.25) is 0 Å². The number of carbonyl (C=O) groups is 1. The van der Waals surface area contributed by atoms with Crippen molar-refractivity contribution in [3.05, 3.63) is 89.8 Å². The van der Waals surface area contributed by atoms with Crippen LogP contribution in [0.1, 0.15) is 85.3 Å². The summed E-state index contributed by atoms with van der Waals surface area (Å²) >= 11 is 0. The number of aliphatic hydroxyl groups is 1. The monoisotopic (exact) mass is 753 g/mol. The van der Waals surface area contributed by atoms with Gasteiger partial charge < -0.3 is 10.1 Å². The summed E-state index contributed by atoms with van der Waals surface area (Å²) in [6.45, 7) is 17.1. The fraction of sp³-hybridized carbons (Fsp3) is 0.385. The van der Waals surface area contributed by atoms with Gasteiger partial charge in [0.1, 0.15) is 0 Å². The van der Waals surface area contributed by atoms with Gasteiger partial charge in [-0.25, -0.2) is 0 Å². The molecule has 5 rings (SSSR count). The van der Waals surface area contributed by atoms with Crippen molar-refractivity contribution in [2.45, 2.75) is 80.6 Å². The van der Waals surface area contributed by atoms with Crippen LogP contribution in [-0.4, -0.2) is 15.9 Å². The Morgan fingerprint density at radius 1 is 0.837 bits per heavy atom. The maximum absolute atomic E-state index is 11.2. The SMILES string of the molecule is CC(C)CC(=O)/C=C(\O)CC(C)C.CC(C)Cc1ccc2c(c1)-c1cc(C(C)C)c[c-]c1-c1nccc3cccc-2c13.[Ir]. The van der Waals surface area contributed by atoms with Gasteiger partial charge in [0.25, 0.3) is 0 Å². The normalized spacial score (nSPS) is 12.0. The van der Waals surface area contributed by atoms with Crippen molar-refractivity contribution >= 4 is 16.6 Å². The molecule has 1 aliphatic carbocycles. The number of aromatic nitrogens is 1. The molecule has 4 heteroatoms. The molecule has 1 N–H and O–H groups in total. The van der Waals surface area contributed by atoms with Crippen molar-refractivity contribution in [3.63, 3.8) is 0 Å². The summed E-state index contributed by atoms with van der Waals surface area (Å²) in [6, 6.07) is 23.8. The third-order valence-corrected chi connectivity index (χ3v) is 7.52.